The molecule has 4 nitrogen and oxygen atoms in total. The maximum atomic E-state index is 13.3. The van der Waals surface area contributed by atoms with Crippen molar-refractivity contribution in [2.75, 3.05) is 26.7 Å². The minimum absolute atomic E-state index is 0.0710. The molecule has 0 aliphatic carbocycles. The van der Waals surface area contributed by atoms with Gasteiger partial charge in [-0.1, -0.05) is 18.2 Å². The van der Waals surface area contributed by atoms with E-state index in [0.717, 1.165) is 0 Å². The lowest BCUT2D eigenvalue weighted by molar-refractivity contribution is -0.125. The molecule has 1 aromatic rings. The Labute approximate surface area is 119 Å². The molecular formula is C15H21FN2O2. The van der Waals surface area contributed by atoms with Gasteiger partial charge < -0.3 is 10.1 Å². The first-order valence-electron chi connectivity index (χ1n) is 6.52. The Hall–Kier alpha value is -1.88. The third kappa shape index (κ3) is 5.01. The fraction of sp³-hybridized carbons (Fsp3) is 0.400. The quantitative estimate of drug-likeness (QED) is 0.739. The van der Waals surface area contributed by atoms with Gasteiger partial charge in [-0.2, -0.15) is 0 Å². The van der Waals surface area contributed by atoms with E-state index in [4.69, 9.17) is 4.74 Å². The summed E-state index contributed by atoms with van der Waals surface area (Å²) >= 11 is 0. The molecule has 0 bridgehead atoms. The number of halogens is 1. The Morgan fingerprint density at radius 2 is 2.25 bits per heavy atom. The first-order valence-corrected chi connectivity index (χ1v) is 6.52. The maximum Gasteiger partial charge on any atom is 0.237 e. The van der Waals surface area contributed by atoms with Gasteiger partial charge >= 0.3 is 0 Å². The molecule has 1 atom stereocenters. The average Bonchev–Trinajstić information content (AvgIpc) is 2.45. The molecule has 1 unspecified atom stereocenters. The lowest BCUT2D eigenvalue weighted by Crippen LogP contribution is -2.44. The van der Waals surface area contributed by atoms with Gasteiger partial charge in [0, 0.05) is 13.1 Å². The molecule has 0 radical (unpaired) electrons. The smallest absolute Gasteiger partial charge is 0.237 e. The van der Waals surface area contributed by atoms with E-state index in [1.807, 2.05) is 18.9 Å². The largest absolute Gasteiger partial charge is 0.489 e. The van der Waals surface area contributed by atoms with Crippen molar-refractivity contribution in [2.24, 2.45) is 0 Å². The molecule has 20 heavy (non-hydrogen) atoms. The predicted octanol–water partition coefficient (Wildman–Crippen LogP) is 1.83. The van der Waals surface area contributed by atoms with Crippen LogP contribution < -0.4 is 10.1 Å². The summed E-state index contributed by atoms with van der Waals surface area (Å²) in [6.07, 6.45) is 1.63. The Balaban J connectivity index is 2.35. The number of ether oxygens (including phenoxy) is 1. The van der Waals surface area contributed by atoms with Gasteiger partial charge in [0.1, 0.15) is 6.61 Å². The first kappa shape index (κ1) is 16.2. The van der Waals surface area contributed by atoms with E-state index in [9.17, 15) is 9.18 Å². The number of para-hydroxylation sites is 1. The van der Waals surface area contributed by atoms with Crippen molar-refractivity contribution >= 4 is 5.91 Å². The number of hydrogen-bond donors (Lipinski definition) is 1. The van der Waals surface area contributed by atoms with E-state index >= 15 is 0 Å². The van der Waals surface area contributed by atoms with Crippen LogP contribution >= 0.6 is 0 Å². The van der Waals surface area contributed by atoms with Crippen LogP contribution in [0.5, 0.6) is 5.75 Å². The number of nitrogens with one attached hydrogen (secondary N) is 1. The summed E-state index contributed by atoms with van der Waals surface area (Å²) in [5.41, 5.74) is 0. The van der Waals surface area contributed by atoms with Gasteiger partial charge in [-0.05, 0) is 26.1 Å². The minimum Gasteiger partial charge on any atom is -0.489 e. The zero-order chi connectivity index (χ0) is 15.0. The normalized spacial score (nSPS) is 12.0. The third-order valence-electron chi connectivity index (χ3n) is 3.00. The van der Waals surface area contributed by atoms with E-state index in [0.29, 0.717) is 19.7 Å². The SMILES string of the molecule is C=CCNC(=O)C(C)N(C)CCOc1ccccc1F. The summed E-state index contributed by atoms with van der Waals surface area (Å²) in [5, 5.41) is 2.73. The molecule has 0 heterocycles. The first-order chi connectivity index (χ1) is 9.56. The molecule has 1 amide bonds. The molecule has 1 aromatic carbocycles. The highest BCUT2D eigenvalue weighted by Gasteiger charge is 2.17. The molecule has 0 saturated carbocycles. The van der Waals surface area contributed by atoms with Crippen molar-refractivity contribution in [1.82, 2.24) is 10.2 Å². The second-order valence-electron chi connectivity index (χ2n) is 4.47. The summed E-state index contributed by atoms with van der Waals surface area (Å²) in [6.45, 7) is 6.64. The highest BCUT2D eigenvalue weighted by Crippen LogP contribution is 2.15. The number of amides is 1. The van der Waals surface area contributed by atoms with E-state index in [1.165, 1.54) is 6.07 Å². The summed E-state index contributed by atoms with van der Waals surface area (Å²) in [4.78, 5) is 13.6. The van der Waals surface area contributed by atoms with Crippen molar-refractivity contribution < 1.29 is 13.9 Å². The summed E-state index contributed by atoms with van der Waals surface area (Å²) < 4.78 is 18.7. The third-order valence-corrected chi connectivity index (χ3v) is 3.00. The van der Waals surface area contributed by atoms with Gasteiger partial charge in [-0.15, -0.1) is 6.58 Å². The highest BCUT2D eigenvalue weighted by molar-refractivity contribution is 5.81. The van der Waals surface area contributed by atoms with E-state index < -0.39 is 0 Å². The topological polar surface area (TPSA) is 41.6 Å². The fourth-order valence-corrected chi connectivity index (χ4v) is 1.58. The standard InChI is InChI=1S/C15H21FN2O2/c1-4-9-17-15(19)12(2)18(3)10-11-20-14-8-6-5-7-13(14)16/h4-8,12H,1,9-11H2,2-3H3,(H,17,19). The number of benzene rings is 1. The van der Waals surface area contributed by atoms with Gasteiger partial charge in [-0.25, -0.2) is 4.39 Å². The van der Waals surface area contributed by atoms with Crippen LogP contribution in [0.3, 0.4) is 0 Å². The highest BCUT2D eigenvalue weighted by atomic mass is 19.1. The molecule has 0 spiro atoms. The van der Waals surface area contributed by atoms with Crippen LogP contribution in [0.25, 0.3) is 0 Å². The van der Waals surface area contributed by atoms with Gasteiger partial charge in [-0.3, -0.25) is 9.69 Å². The lowest BCUT2D eigenvalue weighted by atomic mass is 10.2. The van der Waals surface area contributed by atoms with E-state index in [2.05, 4.69) is 11.9 Å². The van der Waals surface area contributed by atoms with Crippen LogP contribution in [0, 0.1) is 5.82 Å². The molecule has 0 aromatic heterocycles. The average molecular weight is 280 g/mol. The number of carbonyl (C=O) groups excluding carboxylic acids is 1. The van der Waals surface area contributed by atoms with Gasteiger partial charge in [0.15, 0.2) is 11.6 Å². The van der Waals surface area contributed by atoms with Crippen LogP contribution in [0.2, 0.25) is 0 Å². The van der Waals surface area contributed by atoms with Gasteiger partial charge in [0.2, 0.25) is 5.91 Å². The van der Waals surface area contributed by atoms with E-state index in [-0.39, 0.29) is 23.5 Å². The monoisotopic (exact) mass is 280 g/mol. The Kier molecular flexibility index (Phi) is 6.73. The molecule has 0 aliphatic heterocycles. The molecule has 1 N–H and O–H groups in total. The van der Waals surface area contributed by atoms with Crippen LogP contribution in [0.4, 0.5) is 4.39 Å². The van der Waals surface area contributed by atoms with Gasteiger partial charge in [0.25, 0.3) is 0 Å². The van der Waals surface area contributed by atoms with Crippen molar-refractivity contribution in [1.29, 1.82) is 0 Å². The predicted molar refractivity (Wildman–Crippen MR) is 77.2 cm³/mol. The summed E-state index contributed by atoms with van der Waals surface area (Å²) in [7, 11) is 1.82. The number of nitrogens with zero attached hydrogens (tertiary/aromatic N) is 1. The Morgan fingerprint density at radius 1 is 1.55 bits per heavy atom. The summed E-state index contributed by atoms with van der Waals surface area (Å²) in [5.74, 6) is -0.227. The summed E-state index contributed by atoms with van der Waals surface area (Å²) in [6, 6.07) is 5.98. The zero-order valence-electron chi connectivity index (χ0n) is 11.9. The van der Waals surface area contributed by atoms with Crippen molar-refractivity contribution in [3.05, 3.63) is 42.7 Å². The van der Waals surface area contributed by atoms with Crippen LogP contribution in [0.15, 0.2) is 36.9 Å². The molecule has 110 valence electrons. The Bertz CT molecular complexity index is 451. The molecule has 0 saturated heterocycles. The molecule has 0 aliphatic rings. The lowest BCUT2D eigenvalue weighted by Gasteiger charge is -2.23. The van der Waals surface area contributed by atoms with Crippen LogP contribution in [-0.4, -0.2) is 43.6 Å². The zero-order valence-corrected chi connectivity index (χ0v) is 11.9. The fourth-order valence-electron chi connectivity index (χ4n) is 1.58. The maximum absolute atomic E-state index is 13.3. The van der Waals surface area contributed by atoms with Crippen LogP contribution in [-0.2, 0) is 4.79 Å². The van der Waals surface area contributed by atoms with Crippen molar-refractivity contribution in [3.63, 3.8) is 0 Å². The van der Waals surface area contributed by atoms with Crippen molar-refractivity contribution in [2.45, 2.75) is 13.0 Å². The van der Waals surface area contributed by atoms with Crippen molar-refractivity contribution in [3.8, 4) is 5.75 Å². The number of likely N-dealkylation sites (N-methyl/N-ethyl adjacent to an activating group) is 1. The van der Waals surface area contributed by atoms with Crippen LogP contribution in [0.1, 0.15) is 6.92 Å². The second-order valence-corrected chi connectivity index (χ2v) is 4.47. The molecule has 1 rings (SSSR count). The Morgan fingerprint density at radius 3 is 2.90 bits per heavy atom. The molecule has 5 heteroatoms. The van der Waals surface area contributed by atoms with Gasteiger partial charge in [0.05, 0.1) is 6.04 Å². The van der Waals surface area contributed by atoms with E-state index in [1.54, 1.807) is 24.3 Å². The number of carbonyl (C=O) groups is 1. The number of hydrogen-bond acceptors (Lipinski definition) is 3. The number of rotatable bonds is 8. The minimum atomic E-state index is -0.382. The second kappa shape index (κ2) is 8.32. The molecule has 0 fully saturated rings. The molecular weight excluding hydrogens is 259 g/mol.